The highest BCUT2D eigenvalue weighted by molar-refractivity contribution is 5.39. The minimum Gasteiger partial charge on any atom is -0.388 e. The van der Waals surface area contributed by atoms with Crippen LogP contribution >= 0.6 is 0 Å². The minimum absolute atomic E-state index is 0.345. The van der Waals surface area contributed by atoms with Crippen LogP contribution in [0.2, 0.25) is 0 Å². The molecular formula is C18H24O2. The number of benzene rings is 1. The summed E-state index contributed by atoms with van der Waals surface area (Å²) < 4.78 is 7.89. The summed E-state index contributed by atoms with van der Waals surface area (Å²) in [7, 11) is 0. The van der Waals surface area contributed by atoms with Gasteiger partial charge in [0.15, 0.2) is 0 Å². The second kappa shape index (κ2) is 6.92. The first-order chi connectivity index (χ1) is 10.0. The van der Waals surface area contributed by atoms with E-state index in [2.05, 4.69) is 11.8 Å². The topological polar surface area (TPSA) is 40.5 Å². The Morgan fingerprint density at radius 2 is 2.15 bits per heavy atom. The van der Waals surface area contributed by atoms with Crippen LogP contribution in [0.15, 0.2) is 24.2 Å². The molecule has 1 saturated carbocycles. The van der Waals surface area contributed by atoms with E-state index in [4.69, 9.17) is 1.37 Å². The normalized spacial score (nSPS) is 19.6. The van der Waals surface area contributed by atoms with Gasteiger partial charge < -0.3 is 10.2 Å². The van der Waals surface area contributed by atoms with E-state index in [1.807, 2.05) is 6.92 Å². The molecular weight excluding hydrogens is 248 g/mol. The molecule has 0 spiro atoms. The standard InChI is InChI=1S/C18H24O2/c1-2-7-17(19)16-9-6-8-15(14-16)10-13-18(20)11-4-3-5-12-18/h6,8-9,14,17,19-20H,2-5,7,11-12H2,1H3/i9D. The smallest absolute Gasteiger partial charge is 0.125 e. The summed E-state index contributed by atoms with van der Waals surface area (Å²) in [6, 6.07) is 5.58. The number of hydrogen-bond acceptors (Lipinski definition) is 2. The summed E-state index contributed by atoms with van der Waals surface area (Å²) in [6.45, 7) is 2.01. The number of hydrogen-bond donors (Lipinski definition) is 2. The zero-order chi connectivity index (χ0) is 15.3. The van der Waals surface area contributed by atoms with Gasteiger partial charge in [0.1, 0.15) is 5.60 Å². The van der Waals surface area contributed by atoms with Gasteiger partial charge in [-0.05, 0) is 49.8 Å². The molecule has 2 heteroatoms. The highest BCUT2D eigenvalue weighted by Gasteiger charge is 2.26. The van der Waals surface area contributed by atoms with E-state index in [0.29, 0.717) is 18.0 Å². The molecule has 2 rings (SSSR count). The molecule has 1 unspecified atom stereocenters. The molecule has 1 aromatic carbocycles. The van der Waals surface area contributed by atoms with Crippen LogP contribution < -0.4 is 0 Å². The molecule has 0 amide bonds. The van der Waals surface area contributed by atoms with Gasteiger partial charge in [-0.1, -0.05) is 43.7 Å². The molecule has 1 fully saturated rings. The highest BCUT2D eigenvalue weighted by atomic mass is 16.3. The first-order valence-electron chi connectivity index (χ1n) is 8.08. The van der Waals surface area contributed by atoms with Gasteiger partial charge in [-0.25, -0.2) is 0 Å². The lowest BCUT2D eigenvalue weighted by atomic mass is 9.85. The zero-order valence-corrected chi connectivity index (χ0v) is 12.2. The maximum Gasteiger partial charge on any atom is 0.125 e. The van der Waals surface area contributed by atoms with Crippen LogP contribution in [0.4, 0.5) is 0 Å². The van der Waals surface area contributed by atoms with Crippen LogP contribution in [0.5, 0.6) is 0 Å². The molecule has 20 heavy (non-hydrogen) atoms. The van der Waals surface area contributed by atoms with Gasteiger partial charge in [-0.15, -0.1) is 0 Å². The Morgan fingerprint density at radius 1 is 1.40 bits per heavy atom. The summed E-state index contributed by atoms with van der Waals surface area (Å²) in [5.41, 5.74) is 0.523. The molecule has 0 saturated heterocycles. The van der Waals surface area contributed by atoms with Gasteiger partial charge in [0, 0.05) is 5.56 Å². The summed E-state index contributed by atoms with van der Waals surface area (Å²) in [4.78, 5) is 0. The maximum absolute atomic E-state index is 10.4. The Kier molecular flexibility index (Phi) is 4.73. The lowest BCUT2D eigenvalue weighted by Gasteiger charge is -2.26. The van der Waals surface area contributed by atoms with Crippen molar-refractivity contribution in [2.75, 3.05) is 0 Å². The van der Waals surface area contributed by atoms with Crippen molar-refractivity contribution in [1.29, 1.82) is 0 Å². The Bertz CT molecular complexity index is 536. The van der Waals surface area contributed by atoms with Crippen molar-refractivity contribution in [3.8, 4) is 11.8 Å². The Balaban J connectivity index is 2.19. The molecule has 0 bridgehead atoms. The van der Waals surface area contributed by atoms with E-state index < -0.39 is 11.7 Å². The SMILES string of the molecule is [2H]c1ccc(C#CC2(O)CCCCC2)cc1C(O)CCC. The van der Waals surface area contributed by atoms with Gasteiger partial charge in [-0.3, -0.25) is 0 Å². The average Bonchev–Trinajstić information content (AvgIpc) is 2.47. The Morgan fingerprint density at radius 3 is 2.85 bits per heavy atom. The Labute approximate surface area is 123 Å². The number of aliphatic hydroxyl groups excluding tert-OH is 1. The predicted octanol–water partition coefficient (Wildman–Crippen LogP) is 3.57. The van der Waals surface area contributed by atoms with E-state index in [-0.39, 0.29) is 0 Å². The molecule has 1 aliphatic rings. The minimum atomic E-state index is -0.861. The maximum atomic E-state index is 10.4. The van der Waals surface area contributed by atoms with Crippen LogP contribution in [-0.4, -0.2) is 15.8 Å². The van der Waals surface area contributed by atoms with Crippen molar-refractivity contribution >= 4 is 0 Å². The van der Waals surface area contributed by atoms with E-state index in [0.717, 1.165) is 37.7 Å². The van der Waals surface area contributed by atoms with E-state index in [1.54, 1.807) is 18.2 Å². The van der Waals surface area contributed by atoms with Crippen molar-refractivity contribution in [2.24, 2.45) is 0 Å². The molecule has 0 aromatic heterocycles. The lowest BCUT2D eigenvalue weighted by Crippen LogP contribution is -2.29. The van der Waals surface area contributed by atoms with Crippen molar-refractivity contribution in [2.45, 2.75) is 63.6 Å². The zero-order valence-electron chi connectivity index (χ0n) is 13.2. The Hall–Kier alpha value is -1.30. The first kappa shape index (κ1) is 13.7. The van der Waals surface area contributed by atoms with Crippen LogP contribution in [0.25, 0.3) is 0 Å². The third-order valence-electron chi connectivity index (χ3n) is 3.87. The predicted molar refractivity (Wildman–Crippen MR) is 81.2 cm³/mol. The molecule has 0 aliphatic heterocycles. The number of rotatable bonds is 3. The summed E-state index contributed by atoms with van der Waals surface area (Å²) in [6.07, 6.45) is 5.61. The second-order valence-corrected chi connectivity index (χ2v) is 5.68. The number of aliphatic hydroxyl groups is 2. The van der Waals surface area contributed by atoms with Gasteiger partial charge >= 0.3 is 0 Å². The molecule has 0 radical (unpaired) electrons. The monoisotopic (exact) mass is 273 g/mol. The largest absolute Gasteiger partial charge is 0.388 e. The fourth-order valence-corrected chi connectivity index (χ4v) is 2.63. The van der Waals surface area contributed by atoms with Crippen molar-refractivity contribution in [3.05, 3.63) is 35.4 Å². The molecule has 2 N–H and O–H groups in total. The van der Waals surface area contributed by atoms with Crippen molar-refractivity contribution in [1.82, 2.24) is 0 Å². The van der Waals surface area contributed by atoms with Gasteiger partial charge in [0.05, 0.1) is 7.47 Å². The van der Waals surface area contributed by atoms with E-state index >= 15 is 0 Å². The van der Waals surface area contributed by atoms with Crippen molar-refractivity contribution in [3.63, 3.8) is 0 Å². The fourth-order valence-electron chi connectivity index (χ4n) is 2.63. The molecule has 1 atom stereocenters. The van der Waals surface area contributed by atoms with Crippen LogP contribution in [-0.2, 0) is 0 Å². The van der Waals surface area contributed by atoms with E-state index in [1.165, 1.54) is 6.42 Å². The van der Waals surface area contributed by atoms with Crippen LogP contribution in [0.1, 0.15) is 70.5 Å². The highest BCUT2D eigenvalue weighted by Crippen LogP contribution is 2.27. The second-order valence-electron chi connectivity index (χ2n) is 5.68. The lowest BCUT2D eigenvalue weighted by molar-refractivity contribution is 0.0610. The van der Waals surface area contributed by atoms with Gasteiger partial charge in [0.2, 0.25) is 0 Å². The summed E-state index contributed by atoms with van der Waals surface area (Å²) in [5.74, 6) is 6.02. The molecule has 108 valence electrons. The molecule has 1 aliphatic carbocycles. The summed E-state index contributed by atoms with van der Waals surface area (Å²) >= 11 is 0. The quantitative estimate of drug-likeness (QED) is 0.827. The first-order valence-corrected chi connectivity index (χ1v) is 7.58. The molecule has 2 nitrogen and oxygen atoms in total. The summed E-state index contributed by atoms with van der Waals surface area (Å²) in [5, 5.41) is 20.5. The van der Waals surface area contributed by atoms with E-state index in [9.17, 15) is 10.2 Å². The third-order valence-corrected chi connectivity index (χ3v) is 3.87. The average molecular weight is 273 g/mol. The van der Waals surface area contributed by atoms with Crippen LogP contribution in [0, 0.1) is 11.8 Å². The third kappa shape index (κ3) is 4.10. The molecule has 1 aromatic rings. The van der Waals surface area contributed by atoms with Gasteiger partial charge in [0.25, 0.3) is 0 Å². The van der Waals surface area contributed by atoms with Gasteiger partial charge in [-0.2, -0.15) is 0 Å². The fraction of sp³-hybridized carbons (Fsp3) is 0.556. The van der Waals surface area contributed by atoms with Crippen molar-refractivity contribution < 1.29 is 11.6 Å². The molecule has 0 heterocycles. The van der Waals surface area contributed by atoms with Crippen LogP contribution in [0.3, 0.4) is 0 Å².